The first-order valence-electron chi connectivity index (χ1n) is 6.01. The molecule has 4 heteroatoms. The van der Waals surface area contributed by atoms with Crippen LogP contribution < -0.4 is 5.32 Å². The molecule has 1 rings (SSSR count). The molecule has 0 bridgehead atoms. The predicted octanol–water partition coefficient (Wildman–Crippen LogP) is 1.58. The van der Waals surface area contributed by atoms with Crippen LogP contribution in [0.25, 0.3) is 0 Å². The number of amides is 2. The first kappa shape index (κ1) is 12.9. The van der Waals surface area contributed by atoms with Crippen molar-refractivity contribution in [3.05, 3.63) is 0 Å². The van der Waals surface area contributed by atoms with Gasteiger partial charge in [-0.25, -0.2) is 0 Å². The van der Waals surface area contributed by atoms with E-state index in [0.29, 0.717) is 6.42 Å². The highest BCUT2D eigenvalue weighted by Gasteiger charge is 2.35. The quantitative estimate of drug-likeness (QED) is 0.406. The number of imide groups is 1. The van der Waals surface area contributed by atoms with Gasteiger partial charge in [-0.2, -0.15) is 0 Å². The number of ketones is 1. The Bertz CT molecular complexity index is 286. The molecule has 1 unspecified atom stereocenters. The van der Waals surface area contributed by atoms with E-state index in [4.69, 9.17) is 0 Å². The molecule has 1 heterocycles. The van der Waals surface area contributed by atoms with Crippen LogP contribution in [-0.4, -0.2) is 17.6 Å². The van der Waals surface area contributed by atoms with E-state index in [2.05, 4.69) is 12.2 Å². The van der Waals surface area contributed by atoms with Crippen LogP contribution in [0.3, 0.4) is 0 Å². The molecule has 1 fully saturated rings. The van der Waals surface area contributed by atoms with Gasteiger partial charge in [0.1, 0.15) is 11.7 Å². The molecule has 90 valence electrons. The summed E-state index contributed by atoms with van der Waals surface area (Å²) in [7, 11) is 0. The van der Waals surface area contributed by atoms with Crippen molar-refractivity contribution in [3.8, 4) is 0 Å². The second kappa shape index (κ2) is 6.40. The van der Waals surface area contributed by atoms with Crippen molar-refractivity contribution in [1.82, 2.24) is 5.32 Å². The maximum absolute atomic E-state index is 11.6. The number of unbranched alkanes of at least 4 members (excludes halogenated alkanes) is 4. The zero-order valence-corrected chi connectivity index (χ0v) is 9.75. The maximum Gasteiger partial charge on any atom is 0.237 e. The summed E-state index contributed by atoms with van der Waals surface area (Å²) in [5.74, 6) is -1.53. The van der Waals surface area contributed by atoms with Crippen LogP contribution in [0.2, 0.25) is 0 Å². The average molecular weight is 225 g/mol. The van der Waals surface area contributed by atoms with Gasteiger partial charge in [0.05, 0.1) is 0 Å². The number of carbonyl (C=O) groups excluding carboxylic acids is 3. The number of rotatable bonds is 7. The minimum Gasteiger partial charge on any atom is -0.299 e. The van der Waals surface area contributed by atoms with Crippen LogP contribution in [0.15, 0.2) is 0 Å². The van der Waals surface area contributed by atoms with Crippen molar-refractivity contribution >= 4 is 17.6 Å². The summed E-state index contributed by atoms with van der Waals surface area (Å²) in [6, 6.07) is 0. The lowest BCUT2D eigenvalue weighted by atomic mass is 9.97. The van der Waals surface area contributed by atoms with Crippen molar-refractivity contribution in [2.45, 2.75) is 51.9 Å². The fourth-order valence-electron chi connectivity index (χ4n) is 1.89. The van der Waals surface area contributed by atoms with E-state index >= 15 is 0 Å². The Morgan fingerprint density at radius 3 is 2.50 bits per heavy atom. The molecule has 0 saturated carbocycles. The average Bonchev–Trinajstić information content (AvgIpc) is 2.57. The Balaban J connectivity index is 2.20. The van der Waals surface area contributed by atoms with E-state index in [1.807, 2.05) is 0 Å². The van der Waals surface area contributed by atoms with Crippen LogP contribution in [-0.2, 0) is 14.4 Å². The summed E-state index contributed by atoms with van der Waals surface area (Å²) in [6.45, 7) is 2.14. The van der Waals surface area contributed by atoms with Crippen molar-refractivity contribution < 1.29 is 14.4 Å². The van der Waals surface area contributed by atoms with Crippen LogP contribution >= 0.6 is 0 Å². The summed E-state index contributed by atoms with van der Waals surface area (Å²) < 4.78 is 0. The first-order chi connectivity index (χ1) is 7.65. The van der Waals surface area contributed by atoms with E-state index in [-0.39, 0.29) is 18.1 Å². The minimum absolute atomic E-state index is 0.0482. The molecule has 0 radical (unpaired) electrons. The summed E-state index contributed by atoms with van der Waals surface area (Å²) >= 11 is 0. The van der Waals surface area contributed by atoms with E-state index in [1.54, 1.807) is 0 Å². The number of hydrogen-bond donors (Lipinski definition) is 1. The van der Waals surface area contributed by atoms with Crippen molar-refractivity contribution in [2.24, 2.45) is 5.92 Å². The molecule has 4 nitrogen and oxygen atoms in total. The standard InChI is InChI=1S/C12H19NO3/c1-2-3-4-5-6-7-10(14)9-8-11(15)13-12(9)16/h9H,2-8H2,1H3,(H,13,15,16). The Morgan fingerprint density at radius 2 is 1.94 bits per heavy atom. The zero-order valence-electron chi connectivity index (χ0n) is 9.75. The number of carbonyl (C=O) groups is 3. The van der Waals surface area contributed by atoms with Crippen LogP contribution in [0.5, 0.6) is 0 Å². The first-order valence-corrected chi connectivity index (χ1v) is 6.01. The highest BCUT2D eigenvalue weighted by Crippen LogP contribution is 2.16. The van der Waals surface area contributed by atoms with Crippen LogP contribution in [0.1, 0.15) is 51.9 Å². The summed E-state index contributed by atoms with van der Waals surface area (Å²) in [6.07, 6.45) is 5.84. The summed E-state index contributed by atoms with van der Waals surface area (Å²) in [5.41, 5.74) is 0. The molecular formula is C12H19NO3. The molecule has 0 aromatic heterocycles. The molecule has 0 aliphatic carbocycles. The molecule has 1 N–H and O–H groups in total. The molecule has 1 saturated heterocycles. The Morgan fingerprint density at radius 1 is 1.25 bits per heavy atom. The molecule has 1 aliphatic heterocycles. The van der Waals surface area contributed by atoms with E-state index in [1.165, 1.54) is 12.8 Å². The van der Waals surface area contributed by atoms with Crippen molar-refractivity contribution in [3.63, 3.8) is 0 Å². The lowest BCUT2D eigenvalue weighted by Crippen LogP contribution is -2.26. The van der Waals surface area contributed by atoms with Gasteiger partial charge in [0, 0.05) is 12.8 Å². The normalized spacial score (nSPS) is 19.9. The highest BCUT2D eigenvalue weighted by atomic mass is 16.2. The molecule has 2 amide bonds. The smallest absolute Gasteiger partial charge is 0.237 e. The largest absolute Gasteiger partial charge is 0.299 e. The van der Waals surface area contributed by atoms with Gasteiger partial charge in [0.15, 0.2) is 0 Å². The van der Waals surface area contributed by atoms with Gasteiger partial charge in [-0.05, 0) is 6.42 Å². The molecule has 16 heavy (non-hydrogen) atoms. The maximum atomic E-state index is 11.6. The van der Waals surface area contributed by atoms with Crippen molar-refractivity contribution in [2.75, 3.05) is 0 Å². The summed E-state index contributed by atoms with van der Waals surface area (Å²) in [5, 5.41) is 2.16. The molecular weight excluding hydrogens is 206 g/mol. The fourth-order valence-corrected chi connectivity index (χ4v) is 1.89. The highest BCUT2D eigenvalue weighted by molar-refractivity contribution is 6.14. The monoisotopic (exact) mass is 225 g/mol. The van der Waals surface area contributed by atoms with E-state index in [0.717, 1.165) is 19.3 Å². The molecule has 0 spiro atoms. The van der Waals surface area contributed by atoms with E-state index < -0.39 is 11.8 Å². The van der Waals surface area contributed by atoms with Gasteiger partial charge in [-0.1, -0.05) is 32.6 Å². The van der Waals surface area contributed by atoms with Gasteiger partial charge in [0.2, 0.25) is 11.8 Å². The zero-order chi connectivity index (χ0) is 12.0. The molecule has 0 aromatic carbocycles. The van der Waals surface area contributed by atoms with Crippen LogP contribution in [0, 0.1) is 5.92 Å². The second-order valence-corrected chi connectivity index (χ2v) is 4.30. The molecule has 1 atom stereocenters. The van der Waals surface area contributed by atoms with Gasteiger partial charge < -0.3 is 0 Å². The Labute approximate surface area is 95.8 Å². The minimum atomic E-state index is -0.710. The SMILES string of the molecule is CCCCCCCC(=O)C1CC(=O)NC1=O. The van der Waals surface area contributed by atoms with Gasteiger partial charge in [0.25, 0.3) is 0 Å². The number of hydrogen-bond acceptors (Lipinski definition) is 3. The third-order valence-electron chi connectivity index (χ3n) is 2.88. The van der Waals surface area contributed by atoms with Crippen molar-refractivity contribution in [1.29, 1.82) is 0 Å². The van der Waals surface area contributed by atoms with E-state index in [9.17, 15) is 14.4 Å². The Hall–Kier alpha value is -1.19. The summed E-state index contributed by atoms with van der Waals surface area (Å²) in [4.78, 5) is 33.7. The predicted molar refractivity (Wildman–Crippen MR) is 59.6 cm³/mol. The van der Waals surface area contributed by atoms with Gasteiger partial charge in [-0.3, -0.25) is 19.7 Å². The van der Waals surface area contributed by atoms with Gasteiger partial charge >= 0.3 is 0 Å². The number of Topliss-reactive ketones (excluding diaryl/α,β-unsaturated/α-hetero) is 1. The third kappa shape index (κ3) is 3.76. The van der Waals surface area contributed by atoms with Gasteiger partial charge in [-0.15, -0.1) is 0 Å². The second-order valence-electron chi connectivity index (χ2n) is 4.30. The fraction of sp³-hybridized carbons (Fsp3) is 0.750. The topological polar surface area (TPSA) is 63.2 Å². The Kier molecular flexibility index (Phi) is 5.15. The third-order valence-corrected chi connectivity index (χ3v) is 2.88. The lowest BCUT2D eigenvalue weighted by molar-refractivity contribution is -0.131. The molecule has 1 aliphatic rings. The van der Waals surface area contributed by atoms with Crippen LogP contribution in [0.4, 0.5) is 0 Å². The lowest BCUT2D eigenvalue weighted by Gasteiger charge is -2.04. The number of nitrogens with one attached hydrogen (secondary N) is 1. The molecule has 0 aromatic rings.